The van der Waals surface area contributed by atoms with Crippen molar-refractivity contribution in [3.8, 4) is 17.1 Å². The Morgan fingerprint density at radius 3 is 2.65 bits per heavy atom. The summed E-state index contributed by atoms with van der Waals surface area (Å²) in [6, 6.07) is 7.51. The first-order chi connectivity index (χ1) is 11.1. The van der Waals surface area contributed by atoms with E-state index in [4.69, 9.17) is 14.4 Å². The fourth-order valence-corrected chi connectivity index (χ4v) is 2.58. The minimum Gasteiger partial charge on any atom is -0.490 e. The Labute approximate surface area is 133 Å². The summed E-state index contributed by atoms with van der Waals surface area (Å²) in [5, 5.41) is 12.7. The standard InChI is InChI=1S/C17H18N2O4/c1-11(17(20)21)10-15-18-16(19-23-15)12-6-8-14(9-7-12)22-13-4-2-3-5-13/h6-9,13H,1-5,10H2,(H,20,21). The van der Waals surface area contributed by atoms with Gasteiger partial charge in [0.25, 0.3) is 0 Å². The lowest BCUT2D eigenvalue weighted by Crippen LogP contribution is -2.10. The summed E-state index contributed by atoms with van der Waals surface area (Å²) in [7, 11) is 0. The molecule has 1 saturated carbocycles. The number of carbonyl (C=O) groups is 1. The fourth-order valence-electron chi connectivity index (χ4n) is 2.58. The van der Waals surface area contributed by atoms with Crippen LogP contribution in [-0.2, 0) is 11.2 Å². The maximum Gasteiger partial charge on any atom is 0.331 e. The molecule has 6 heteroatoms. The molecule has 0 amide bonds. The van der Waals surface area contributed by atoms with Gasteiger partial charge in [0.1, 0.15) is 5.75 Å². The summed E-state index contributed by atoms with van der Waals surface area (Å²) in [4.78, 5) is 14.9. The molecule has 0 radical (unpaired) electrons. The summed E-state index contributed by atoms with van der Waals surface area (Å²) >= 11 is 0. The molecule has 1 aromatic carbocycles. The van der Waals surface area contributed by atoms with E-state index in [0.29, 0.717) is 11.9 Å². The van der Waals surface area contributed by atoms with Crippen molar-refractivity contribution in [3.05, 3.63) is 42.3 Å². The molecule has 0 atom stereocenters. The Morgan fingerprint density at radius 1 is 1.30 bits per heavy atom. The lowest BCUT2D eigenvalue weighted by molar-refractivity contribution is -0.132. The van der Waals surface area contributed by atoms with Crippen LogP contribution in [0, 0.1) is 0 Å². The zero-order valence-corrected chi connectivity index (χ0v) is 12.7. The van der Waals surface area contributed by atoms with Crippen molar-refractivity contribution in [2.75, 3.05) is 0 Å². The summed E-state index contributed by atoms with van der Waals surface area (Å²) in [6.45, 7) is 3.45. The zero-order valence-electron chi connectivity index (χ0n) is 12.7. The highest BCUT2D eigenvalue weighted by atomic mass is 16.5. The van der Waals surface area contributed by atoms with Gasteiger partial charge >= 0.3 is 5.97 Å². The molecule has 0 bridgehead atoms. The third kappa shape index (κ3) is 3.77. The van der Waals surface area contributed by atoms with E-state index in [9.17, 15) is 4.79 Å². The number of hydrogen-bond acceptors (Lipinski definition) is 5. The Balaban J connectivity index is 1.66. The number of rotatable bonds is 6. The third-order valence-electron chi connectivity index (χ3n) is 3.85. The predicted octanol–water partition coefficient (Wildman–Crippen LogP) is 3.24. The monoisotopic (exact) mass is 314 g/mol. The van der Waals surface area contributed by atoms with E-state index in [0.717, 1.165) is 24.2 Å². The number of ether oxygens (including phenoxy) is 1. The molecule has 3 rings (SSSR count). The average Bonchev–Trinajstić information content (AvgIpc) is 3.20. The minimum atomic E-state index is -1.07. The predicted molar refractivity (Wildman–Crippen MR) is 83.1 cm³/mol. The number of benzene rings is 1. The second-order valence-corrected chi connectivity index (χ2v) is 5.65. The van der Waals surface area contributed by atoms with Crippen molar-refractivity contribution in [1.82, 2.24) is 10.1 Å². The van der Waals surface area contributed by atoms with Gasteiger partial charge in [-0.15, -0.1) is 0 Å². The smallest absolute Gasteiger partial charge is 0.331 e. The van der Waals surface area contributed by atoms with Crippen LogP contribution in [0.25, 0.3) is 11.4 Å². The summed E-state index contributed by atoms with van der Waals surface area (Å²) in [5.74, 6) is 0.422. The summed E-state index contributed by atoms with van der Waals surface area (Å²) in [6.07, 6.45) is 5.05. The largest absolute Gasteiger partial charge is 0.490 e. The lowest BCUT2D eigenvalue weighted by Gasteiger charge is -2.12. The van der Waals surface area contributed by atoms with Crippen molar-refractivity contribution in [3.63, 3.8) is 0 Å². The summed E-state index contributed by atoms with van der Waals surface area (Å²) in [5.41, 5.74) is 0.806. The molecule has 1 N–H and O–H groups in total. The Bertz CT molecular complexity index is 700. The van der Waals surface area contributed by atoms with E-state index in [1.54, 1.807) is 0 Å². The molecule has 0 spiro atoms. The molecule has 0 saturated heterocycles. The van der Waals surface area contributed by atoms with Crippen molar-refractivity contribution in [2.45, 2.75) is 38.2 Å². The molecular formula is C17H18N2O4. The molecule has 1 fully saturated rings. The van der Waals surface area contributed by atoms with Gasteiger partial charge in [-0.2, -0.15) is 4.98 Å². The Hall–Kier alpha value is -2.63. The van der Waals surface area contributed by atoms with Crippen molar-refractivity contribution in [2.24, 2.45) is 0 Å². The molecular weight excluding hydrogens is 296 g/mol. The van der Waals surface area contributed by atoms with Crippen LogP contribution in [0.1, 0.15) is 31.6 Å². The van der Waals surface area contributed by atoms with Crippen LogP contribution in [0.3, 0.4) is 0 Å². The molecule has 1 heterocycles. The SMILES string of the molecule is C=C(Cc1nc(-c2ccc(OC3CCCC3)cc2)no1)C(=O)O. The summed E-state index contributed by atoms with van der Waals surface area (Å²) < 4.78 is 11.0. The molecule has 0 unspecified atom stereocenters. The zero-order chi connectivity index (χ0) is 16.2. The van der Waals surface area contributed by atoms with Gasteiger partial charge in [0.2, 0.25) is 11.7 Å². The van der Waals surface area contributed by atoms with E-state index in [-0.39, 0.29) is 17.9 Å². The first-order valence-electron chi connectivity index (χ1n) is 7.62. The van der Waals surface area contributed by atoms with Crippen LogP contribution in [0.4, 0.5) is 0 Å². The number of carboxylic acid groups (broad SMARTS) is 1. The minimum absolute atomic E-state index is 0.0144. The molecule has 6 nitrogen and oxygen atoms in total. The van der Waals surface area contributed by atoms with Crippen LogP contribution in [0.5, 0.6) is 5.75 Å². The maximum atomic E-state index is 10.8. The van der Waals surface area contributed by atoms with Crippen LogP contribution >= 0.6 is 0 Å². The van der Waals surface area contributed by atoms with Gasteiger partial charge in [-0.05, 0) is 49.9 Å². The number of aromatic nitrogens is 2. The molecule has 2 aromatic rings. The molecule has 120 valence electrons. The fraction of sp³-hybridized carbons (Fsp3) is 0.353. The second kappa shape index (κ2) is 6.64. The van der Waals surface area contributed by atoms with Crippen molar-refractivity contribution in [1.29, 1.82) is 0 Å². The van der Waals surface area contributed by atoms with Gasteiger partial charge in [-0.3, -0.25) is 0 Å². The first kappa shape index (κ1) is 15.3. The highest BCUT2D eigenvalue weighted by Crippen LogP contribution is 2.26. The van der Waals surface area contributed by atoms with Crippen LogP contribution in [-0.4, -0.2) is 27.3 Å². The lowest BCUT2D eigenvalue weighted by atomic mass is 10.2. The van der Waals surface area contributed by atoms with E-state index >= 15 is 0 Å². The number of nitrogens with zero attached hydrogens (tertiary/aromatic N) is 2. The van der Waals surface area contributed by atoms with Gasteiger partial charge in [-0.25, -0.2) is 4.79 Å². The second-order valence-electron chi connectivity index (χ2n) is 5.65. The highest BCUT2D eigenvalue weighted by Gasteiger charge is 2.17. The molecule has 23 heavy (non-hydrogen) atoms. The Morgan fingerprint density at radius 2 is 2.00 bits per heavy atom. The normalized spacial score (nSPS) is 14.8. The van der Waals surface area contributed by atoms with Gasteiger partial charge in [0.15, 0.2) is 0 Å². The van der Waals surface area contributed by atoms with Gasteiger partial charge in [0, 0.05) is 11.1 Å². The number of hydrogen-bond donors (Lipinski definition) is 1. The van der Waals surface area contributed by atoms with Crippen molar-refractivity contribution < 1.29 is 19.2 Å². The van der Waals surface area contributed by atoms with Crippen LogP contribution in [0.2, 0.25) is 0 Å². The topological polar surface area (TPSA) is 85.5 Å². The molecule has 1 aliphatic carbocycles. The van der Waals surface area contributed by atoms with Gasteiger partial charge < -0.3 is 14.4 Å². The van der Waals surface area contributed by atoms with E-state index in [1.807, 2.05) is 24.3 Å². The van der Waals surface area contributed by atoms with E-state index in [2.05, 4.69) is 16.7 Å². The quantitative estimate of drug-likeness (QED) is 0.824. The average molecular weight is 314 g/mol. The van der Waals surface area contributed by atoms with Gasteiger partial charge in [-0.1, -0.05) is 11.7 Å². The molecule has 0 aliphatic heterocycles. The maximum absolute atomic E-state index is 10.8. The van der Waals surface area contributed by atoms with Crippen molar-refractivity contribution >= 4 is 5.97 Å². The highest BCUT2D eigenvalue weighted by molar-refractivity contribution is 5.86. The van der Waals surface area contributed by atoms with Gasteiger partial charge in [0.05, 0.1) is 12.5 Å². The third-order valence-corrected chi connectivity index (χ3v) is 3.85. The van der Waals surface area contributed by atoms with Crippen LogP contribution < -0.4 is 4.74 Å². The Kier molecular flexibility index (Phi) is 4.41. The van der Waals surface area contributed by atoms with Crippen LogP contribution in [0.15, 0.2) is 40.9 Å². The molecule has 1 aromatic heterocycles. The van der Waals surface area contributed by atoms with E-state index in [1.165, 1.54) is 12.8 Å². The van der Waals surface area contributed by atoms with E-state index < -0.39 is 5.97 Å². The first-order valence-corrected chi connectivity index (χ1v) is 7.62. The molecule has 1 aliphatic rings. The number of carboxylic acids is 1. The number of aliphatic carboxylic acids is 1.